The van der Waals surface area contributed by atoms with E-state index in [1.165, 1.54) is 12.1 Å². The van der Waals surface area contributed by atoms with E-state index < -0.39 is 0 Å². The molecule has 1 aromatic rings. The van der Waals surface area contributed by atoms with Crippen LogP contribution in [0.3, 0.4) is 0 Å². The molecular formula is C10H14BrClFNO. The van der Waals surface area contributed by atoms with Crippen LogP contribution in [0.2, 0.25) is 0 Å². The van der Waals surface area contributed by atoms with Gasteiger partial charge in [-0.05, 0) is 31.5 Å². The molecule has 0 aliphatic heterocycles. The molecule has 0 atom stereocenters. The maximum absolute atomic E-state index is 12.9. The van der Waals surface area contributed by atoms with E-state index in [0.717, 1.165) is 12.8 Å². The Bertz CT molecular complexity index is 279. The van der Waals surface area contributed by atoms with Gasteiger partial charge in [0, 0.05) is 10.5 Å². The lowest BCUT2D eigenvalue weighted by atomic mass is 10.3. The van der Waals surface area contributed by atoms with Crippen molar-refractivity contribution < 1.29 is 9.13 Å². The van der Waals surface area contributed by atoms with Crippen molar-refractivity contribution in [3.63, 3.8) is 0 Å². The van der Waals surface area contributed by atoms with E-state index in [9.17, 15) is 4.39 Å². The lowest BCUT2D eigenvalue weighted by Crippen LogP contribution is -2.03. The van der Waals surface area contributed by atoms with Crippen molar-refractivity contribution in [2.24, 2.45) is 5.73 Å². The zero-order valence-corrected chi connectivity index (χ0v) is 10.6. The summed E-state index contributed by atoms with van der Waals surface area (Å²) in [5.41, 5.74) is 5.33. The van der Waals surface area contributed by atoms with E-state index in [4.69, 9.17) is 10.5 Å². The molecule has 2 nitrogen and oxygen atoms in total. The molecule has 0 heterocycles. The summed E-state index contributed by atoms with van der Waals surface area (Å²) >= 11 is 3.20. The molecule has 0 unspecified atom stereocenters. The fraction of sp³-hybridized carbons (Fsp3) is 0.400. The number of benzene rings is 1. The molecule has 0 spiro atoms. The summed E-state index contributed by atoms with van der Waals surface area (Å²) in [6, 6.07) is 4.51. The molecule has 0 fully saturated rings. The summed E-state index contributed by atoms with van der Waals surface area (Å²) in [6.07, 6.45) is 1.82. The number of hydrogen-bond donors (Lipinski definition) is 1. The van der Waals surface area contributed by atoms with Crippen molar-refractivity contribution in [3.05, 3.63) is 28.5 Å². The summed E-state index contributed by atoms with van der Waals surface area (Å²) < 4.78 is 18.9. The molecule has 5 heteroatoms. The zero-order chi connectivity index (χ0) is 10.4. The number of halogens is 3. The highest BCUT2D eigenvalue weighted by atomic mass is 79.9. The maximum Gasteiger partial charge on any atom is 0.128 e. The van der Waals surface area contributed by atoms with Crippen LogP contribution in [0.4, 0.5) is 4.39 Å². The summed E-state index contributed by atoms with van der Waals surface area (Å²) in [6.45, 7) is 1.24. The van der Waals surface area contributed by atoms with Gasteiger partial charge < -0.3 is 10.5 Å². The quantitative estimate of drug-likeness (QED) is 0.848. The largest absolute Gasteiger partial charge is 0.493 e. The molecule has 0 amide bonds. The van der Waals surface area contributed by atoms with E-state index >= 15 is 0 Å². The molecule has 1 rings (SSSR count). The highest BCUT2D eigenvalue weighted by Crippen LogP contribution is 2.20. The lowest BCUT2D eigenvalue weighted by Gasteiger charge is -2.05. The van der Waals surface area contributed by atoms with Crippen molar-refractivity contribution in [2.75, 3.05) is 13.2 Å². The smallest absolute Gasteiger partial charge is 0.128 e. The molecule has 0 saturated carbocycles. The van der Waals surface area contributed by atoms with Gasteiger partial charge in [0.2, 0.25) is 0 Å². The minimum Gasteiger partial charge on any atom is -0.493 e. The van der Waals surface area contributed by atoms with E-state index in [2.05, 4.69) is 15.9 Å². The van der Waals surface area contributed by atoms with Crippen LogP contribution in [0.5, 0.6) is 5.75 Å². The minimum atomic E-state index is -0.298. The third kappa shape index (κ3) is 5.97. The summed E-state index contributed by atoms with van der Waals surface area (Å²) in [7, 11) is 0. The van der Waals surface area contributed by atoms with E-state index in [0.29, 0.717) is 23.4 Å². The van der Waals surface area contributed by atoms with E-state index in [1.54, 1.807) is 6.07 Å². The first-order valence-corrected chi connectivity index (χ1v) is 5.30. The second-order valence-corrected chi connectivity index (χ2v) is 3.87. The van der Waals surface area contributed by atoms with Crippen LogP contribution < -0.4 is 10.5 Å². The Hall–Kier alpha value is -0.320. The van der Waals surface area contributed by atoms with Crippen LogP contribution in [0.1, 0.15) is 12.8 Å². The van der Waals surface area contributed by atoms with Gasteiger partial charge in [0.05, 0.1) is 6.61 Å². The van der Waals surface area contributed by atoms with Crippen LogP contribution in [-0.2, 0) is 0 Å². The normalized spacial score (nSPS) is 9.53. The number of ether oxygens (including phenoxy) is 1. The molecular weight excluding hydrogens is 284 g/mol. The highest BCUT2D eigenvalue weighted by molar-refractivity contribution is 9.10. The second-order valence-electron chi connectivity index (χ2n) is 2.95. The van der Waals surface area contributed by atoms with Gasteiger partial charge in [-0.15, -0.1) is 12.4 Å². The standard InChI is InChI=1S/C10H13BrFNO.ClH/c11-8-5-9(12)7-10(6-8)14-4-2-1-3-13;/h5-7H,1-4,13H2;1H. The third-order valence-electron chi connectivity index (χ3n) is 1.70. The molecule has 1 aromatic carbocycles. The van der Waals surface area contributed by atoms with Gasteiger partial charge in [0.1, 0.15) is 11.6 Å². The number of nitrogens with two attached hydrogens (primary N) is 1. The Balaban J connectivity index is 0.00000196. The first-order chi connectivity index (χ1) is 6.72. The predicted molar refractivity (Wildman–Crippen MR) is 65.1 cm³/mol. The molecule has 0 saturated heterocycles. The Morgan fingerprint density at radius 1 is 1.27 bits per heavy atom. The second kappa shape index (κ2) is 7.91. The molecule has 2 N–H and O–H groups in total. The first-order valence-electron chi connectivity index (χ1n) is 4.51. The first kappa shape index (κ1) is 14.7. The van der Waals surface area contributed by atoms with Crippen molar-refractivity contribution >= 4 is 28.3 Å². The SMILES string of the molecule is Cl.NCCCCOc1cc(F)cc(Br)c1. The van der Waals surface area contributed by atoms with Crippen molar-refractivity contribution in [3.8, 4) is 5.75 Å². The Morgan fingerprint density at radius 2 is 2.00 bits per heavy atom. The summed E-state index contributed by atoms with van der Waals surface area (Å²) in [5.74, 6) is 0.252. The van der Waals surface area contributed by atoms with Gasteiger partial charge in [-0.25, -0.2) is 4.39 Å². The average molecular weight is 299 g/mol. The van der Waals surface area contributed by atoms with Crippen LogP contribution in [0.15, 0.2) is 22.7 Å². The molecule has 86 valence electrons. The van der Waals surface area contributed by atoms with Crippen molar-refractivity contribution in [1.82, 2.24) is 0 Å². The van der Waals surface area contributed by atoms with E-state index in [-0.39, 0.29) is 18.2 Å². The molecule has 0 aliphatic carbocycles. The van der Waals surface area contributed by atoms with Crippen LogP contribution in [0, 0.1) is 5.82 Å². The van der Waals surface area contributed by atoms with Crippen molar-refractivity contribution in [1.29, 1.82) is 0 Å². The van der Waals surface area contributed by atoms with Gasteiger partial charge >= 0.3 is 0 Å². The number of rotatable bonds is 5. The molecule has 0 aromatic heterocycles. The molecule has 15 heavy (non-hydrogen) atoms. The van der Waals surface area contributed by atoms with Gasteiger partial charge in [-0.1, -0.05) is 15.9 Å². The number of unbranched alkanes of at least 4 members (excludes halogenated alkanes) is 1. The summed E-state index contributed by atoms with van der Waals surface area (Å²) in [4.78, 5) is 0. The Kier molecular flexibility index (Phi) is 7.74. The Morgan fingerprint density at radius 3 is 2.60 bits per heavy atom. The van der Waals surface area contributed by atoms with Gasteiger partial charge in [-0.2, -0.15) is 0 Å². The predicted octanol–water partition coefficient (Wildman–Crippen LogP) is 3.13. The molecule has 0 aliphatic rings. The Labute approximate surface area is 104 Å². The molecule has 0 bridgehead atoms. The molecule has 0 radical (unpaired) electrons. The van der Waals surface area contributed by atoms with Gasteiger partial charge in [0.25, 0.3) is 0 Å². The fourth-order valence-electron chi connectivity index (χ4n) is 1.05. The third-order valence-corrected chi connectivity index (χ3v) is 2.16. The van der Waals surface area contributed by atoms with E-state index in [1.807, 2.05) is 0 Å². The average Bonchev–Trinajstić information content (AvgIpc) is 2.11. The van der Waals surface area contributed by atoms with Crippen LogP contribution in [-0.4, -0.2) is 13.2 Å². The van der Waals surface area contributed by atoms with Crippen molar-refractivity contribution in [2.45, 2.75) is 12.8 Å². The maximum atomic E-state index is 12.9. The summed E-state index contributed by atoms with van der Waals surface area (Å²) in [5, 5.41) is 0. The van der Waals surface area contributed by atoms with Crippen LogP contribution >= 0.6 is 28.3 Å². The minimum absolute atomic E-state index is 0. The monoisotopic (exact) mass is 297 g/mol. The topological polar surface area (TPSA) is 35.2 Å². The number of hydrogen-bond acceptors (Lipinski definition) is 2. The van der Waals surface area contributed by atoms with Gasteiger partial charge in [0.15, 0.2) is 0 Å². The fourth-order valence-corrected chi connectivity index (χ4v) is 1.49. The van der Waals surface area contributed by atoms with Crippen LogP contribution in [0.25, 0.3) is 0 Å². The lowest BCUT2D eigenvalue weighted by molar-refractivity contribution is 0.306. The zero-order valence-electron chi connectivity index (χ0n) is 8.21. The van der Waals surface area contributed by atoms with Gasteiger partial charge in [-0.3, -0.25) is 0 Å². The highest BCUT2D eigenvalue weighted by Gasteiger charge is 1.99.